The van der Waals surface area contributed by atoms with E-state index < -0.39 is 5.91 Å². The Labute approximate surface area is 150 Å². The second-order valence-electron chi connectivity index (χ2n) is 7.45. The molecule has 6 atom stereocenters. The van der Waals surface area contributed by atoms with Crippen molar-refractivity contribution in [2.24, 2.45) is 35.5 Å². The largest absolute Gasteiger partial charge is 0.323 e. The highest BCUT2D eigenvalue weighted by atomic mass is 35.5. The van der Waals surface area contributed by atoms with Gasteiger partial charge in [0.15, 0.2) is 0 Å². The molecule has 0 unspecified atom stereocenters. The van der Waals surface area contributed by atoms with Gasteiger partial charge in [-0.1, -0.05) is 35.9 Å². The summed E-state index contributed by atoms with van der Waals surface area (Å²) in [5.41, 5.74) is 0.480. The molecule has 4 aliphatic carbocycles. The highest BCUT2D eigenvalue weighted by molar-refractivity contribution is 6.33. The van der Waals surface area contributed by atoms with E-state index in [1.54, 1.807) is 24.3 Å². The van der Waals surface area contributed by atoms with E-state index in [0.29, 0.717) is 22.5 Å². The fourth-order valence-corrected chi connectivity index (χ4v) is 5.25. The van der Waals surface area contributed by atoms with E-state index in [4.69, 9.17) is 11.6 Å². The molecule has 6 rings (SSSR count). The van der Waals surface area contributed by atoms with E-state index in [-0.39, 0.29) is 42.0 Å². The minimum Gasteiger partial charge on any atom is -0.323 e. The Morgan fingerprint density at radius 3 is 2.28 bits per heavy atom. The number of para-hydroxylation sites is 1. The van der Waals surface area contributed by atoms with Gasteiger partial charge in [0, 0.05) is 0 Å². The van der Waals surface area contributed by atoms with Gasteiger partial charge in [-0.3, -0.25) is 19.3 Å². The van der Waals surface area contributed by atoms with Crippen molar-refractivity contribution in [3.8, 4) is 0 Å². The number of anilines is 1. The third-order valence-electron chi connectivity index (χ3n) is 6.20. The Hall–Kier alpha value is -2.14. The van der Waals surface area contributed by atoms with Crippen LogP contribution in [0.2, 0.25) is 5.02 Å². The number of allylic oxidation sites excluding steroid dienone is 2. The maximum atomic E-state index is 12.8. The number of imide groups is 1. The van der Waals surface area contributed by atoms with Crippen LogP contribution in [0.1, 0.15) is 6.42 Å². The lowest BCUT2D eigenvalue weighted by atomic mass is 9.63. The highest BCUT2D eigenvalue weighted by Gasteiger charge is 2.67. The van der Waals surface area contributed by atoms with E-state index in [1.807, 2.05) is 0 Å². The molecule has 3 amide bonds. The second-order valence-corrected chi connectivity index (χ2v) is 7.85. The van der Waals surface area contributed by atoms with Gasteiger partial charge in [0.2, 0.25) is 17.7 Å². The summed E-state index contributed by atoms with van der Waals surface area (Å²) in [7, 11) is 0. The number of likely N-dealkylation sites (tertiary alicyclic amines) is 1. The molecule has 2 bridgehead atoms. The maximum absolute atomic E-state index is 12.8. The molecular formula is C19H17ClN2O3. The van der Waals surface area contributed by atoms with Crippen LogP contribution in [-0.2, 0) is 14.4 Å². The molecule has 2 saturated carbocycles. The van der Waals surface area contributed by atoms with Crippen molar-refractivity contribution in [2.45, 2.75) is 6.42 Å². The molecule has 128 valence electrons. The van der Waals surface area contributed by atoms with Crippen molar-refractivity contribution < 1.29 is 14.4 Å². The molecule has 0 radical (unpaired) electrons. The zero-order valence-corrected chi connectivity index (χ0v) is 14.1. The van der Waals surface area contributed by atoms with E-state index in [2.05, 4.69) is 17.5 Å². The predicted molar refractivity (Wildman–Crippen MR) is 91.5 cm³/mol. The van der Waals surface area contributed by atoms with Crippen LogP contribution < -0.4 is 5.32 Å². The van der Waals surface area contributed by atoms with Gasteiger partial charge >= 0.3 is 0 Å². The standard InChI is InChI=1S/C19H17ClN2O3/c20-13-3-1-2-4-14(13)21-15(23)8-22-18(24)16-9-5-6-10(12-7-11(9)12)17(16)19(22)25/h1-6,9-12,16-17H,7-8H2,(H,21,23)/t9-,10+,11-,12-,16+,17-/m1/s1. The molecule has 3 fully saturated rings. The van der Waals surface area contributed by atoms with Gasteiger partial charge in [-0.25, -0.2) is 0 Å². The van der Waals surface area contributed by atoms with Gasteiger partial charge in [-0.15, -0.1) is 0 Å². The smallest absolute Gasteiger partial charge is 0.244 e. The number of nitrogens with one attached hydrogen (secondary N) is 1. The Bertz CT molecular complexity index is 800. The SMILES string of the molecule is O=C(CN1C(=O)[C@@H]2[C@H]3C=C[C@H]([C@H]4C[C@H]34)[C@@H]2C1=O)Nc1ccccc1Cl. The van der Waals surface area contributed by atoms with Crippen molar-refractivity contribution >= 4 is 35.0 Å². The summed E-state index contributed by atoms with van der Waals surface area (Å²) in [6, 6.07) is 6.89. The predicted octanol–water partition coefficient (Wildman–Crippen LogP) is 2.33. The van der Waals surface area contributed by atoms with Crippen LogP contribution in [0.4, 0.5) is 5.69 Å². The van der Waals surface area contributed by atoms with Gasteiger partial charge in [0.1, 0.15) is 6.54 Å². The summed E-state index contributed by atoms with van der Waals surface area (Å²) in [5.74, 6) is 0.164. The Morgan fingerprint density at radius 2 is 1.68 bits per heavy atom. The number of nitrogens with zero attached hydrogens (tertiary/aromatic N) is 1. The quantitative estimate of drug-likeness (QED) is 0.667. The summed E-state index contributed by atoms with van der Waals surface area (Å²) >= 11 is 6.04. The fraction of sp³-hybridized carbons (Fsp3) is 0.421. The lowest BCUT2D eigenvalue weighted by Gasteiger charge is -2.37. The van der Waals surface area contributed by atoms with Crippen molar-refractivity contribution in [3.63, 3.8) is 0 Å². The van der Waals surface area contributed by atoms with Crippen molar-refractivity contribution in [3.05, 3.63) is 41.4 Å². The zero-order valence-electron chi connectivity index (χ0n) is 13.4. The summed E-state index contributed by atoms with van der Waals surface area (Å²) in [5, 5.41) is 3.10. The minimum absolute atomic E-state index is 0.174. The number of amides is 3. The monoisotopic (exact) mass is 356 g/mol. The molecule has 5 aliphatic rings. The molecule has 0 spiro atoms. The maximum Gasteiger partial charge on any atom is 0.244 e. The second kappa shape index (κ2) is 5.18. The molecule has 1 saturated heterocycles. The Morgan fingerprint density at radius 1 is 1.08 bits per heavy atom. The van der Waals surface area contributed by atoms with Crippen molar-refractivity contribution in [2.75, 3.05) is 11.9 Å². The minimum atomic E-state index is -0.404. The highest BCUT2D eigenvalue weighted by Crippen LogP contribution is 2.65. The molecule has 1 aromatic rings. The van der Waals surface area contributed by atoms with Gasteiger partial charge < -0.3 is 5.32 Å². The third kappa shape index (κ3) is 2.11. The molecular weight excluding hydrogens is 340 g/mol. The molecule has 0 aromatic heterocycles. The van der Waals surface area contributed by atoms with Gasteiger partial charge in [0.05, 0.1) is 22.5 Å². The number of benzene rings is 1. The van der Waals surface area contributed by atoms with Crippen LogP contribution in [-0.4, -0.2) is 29.2 Å². The van der Waals surface area contributed by atoms with Gasteiger partial charge in [-0.2, -0.15) is 0 Å². The normalized spacial score (nSPS) is 37.1. The Balaban J connectivity index is 1.34. The summed E-state index contributed by atoms with van der Waals surface area (Å²) in [6.07, 6.45) is 5.37. The number of rotatable bonds is 3. The average Bonchev–Trinajstić information content (AvgIpc) is 3.38. The summed E-state index contributed by atoms with van der Waals surface area (Å²) in [4.78, 5) is 39.1. The third-order valence-corrected chi connectivity index (χ3v) is 6.53. The van der Waals surface area contributed by atoms with Crippen molar-refractivity contribution in [1.29, 1.82) is 0 Å². The first-order valence-corrected chi connectivity index (χ1v) is 9.02. The number of hydrogen-bond acceptors (Lipinski definition) is 3. The lowest BCUT2D eigenvalue weighted by Crippen LogP contribution is -2.40. The number of halogens is 1. The van der Waals surface area contributed by atoms with E-state index in [1.165, 1.54) is 0 Å². The summed E-state index contributed by atoms with van der Waals surface area (Å²) in [6.45, 7) is -0.245. The first kappa shape index (κ1) is 15.1. The topological polar surface area (TPSA) is 66.5 Å². The first-order valence-electron chi connectivity index (χ1n) is 8.64. The van der Waals surface area contributed by atoms with Crippen LogP contribution in [0.25, 0.3) is 0 Å². The Kier molecular flexibility index (Phi) is 3.14. The van der Waals surface area contributed by atoms with Crippen LogP contribution in [0.5, 0.6) is 0 Å². The number of carbonyl (C=O) groups is 3. The van der Waals surface area contributed by atoms with Crippen LogP contribution in [0, 0.1) is 35.5 Å². The van der Waals surface area contributed by atoms with Crippen LogP contribution in [0.3, 0.4) is 0 Å². The molecule has 5 nitrogen and oxygen atoms in total. The number of hydrogen-bond donors (Lipinski definition) is 1. The fourth-order valence-electron chi connectivity index (χ4n) is 5.07. The molecule has 1 N–H and O–H groups in total. The molecule has 1 aliphatic heterocycles. The van der Waals surface area contributed by atoms with E-state index in [0.717, 1.165) is 11.3 Å². The van der Waals surface area contributed by atoms with E-state index >= 15 is 0 Å². The number of carbonyl (C=O) groups excluding carboxylic acids is 3. The van der Waals surface area contributed by atoms with Gasteiger partial charge in [-0.05, 0) is 42.2 Å². The average molecular weight is 357 g/mol. The van der Waals surface area contributed by atoms with E-state index in [9.17, 15) is 14.4 Å². The molecule has 1 aromatic carbocycles. The first-order chi connectivity index (χ1) is 12.1. The molecule has 1 heterocycles. The van der Waals surface area contributed by atoms with Crippen LogP contribution in [0.15, 0.2) is 36.4 Å². The van der Waals surface area contributed by atoms with Crippen LogP contribution >= 0.6 is 11.6 Å². The molecule has 6 heteroatoms. The lowest BCUT2D eigenvalue weighted by molar-refractivity contribution is -0.142. The van der Waals surface area contributed by atoms with Gasteiger partial charge in [0.25, 0.3) is 0 Å². The van der Waals surface area contributed by atoms with Crippen molar-refractivity contribution in [1.82, 2.24) is 4.90 Å². The zero-order chi connectivity index (χ0) is 17.3. The molecule has 25 heavy (non-hydrogen) atoms. The summed E-state index contributed by atoms with van der Waals surface area (Å²) < 4.78 is 0.